The van der Waals surface area contributed by atoms with Crippen molar-refractivity contribution < 1.29 is 14.3 Å². The smallest absolute Gasteiger partial charge is 0.408 e. The van der Waals surface area contributed by atoms with E-state index in [0.29, 0.717) is 5.69 Å². The maximum atomic E-state index is 12.3. The Bertz CT molecular complexity index is 478. The predicted molar refractivity (Wildman–Crippen MR) is 83.1 cm³/mol. The molecule has 0 aromatic heterocycles. The Morgan fingerprint density at radius 3 is 2.14 bits per heavy atom. The van der Waals surface area contributed by atoms with Gasteiger partial charge in [-0.05, 0) is 38.8 Å². The molecule has 0 saturated heterocycles. The minimum Gasteiger partial charge on any atom is -0.444 e. The number of amides is 2. The zero-order valence-corrected chi connectivity index (χ0v) is 13.3. The van der Waals surface area contributed by atoms with Crippen molar-refractivity contribution >= 4 is 17.7 Å². The fourth-order valence-electron chi connectivity index (χ4n) is 1.71. The molecule has 0 unspecified atom stereocenters. The van der Waals surface area contributed by atoms with Crippen molar-refractivity contribution in [3.05, 3.63) is 30.3 Å². The molecule has 2 amide bonds. The van der Waals surface area contributed by atoms with Crippen molar-refractivity contribution in [3.8, 4) is 0 Å². The fourth-order valence-corrected chi connectivity index (χ4v) is 1.71. The van der Waals surface area contributed by atoms with Crippen LogP contribution < -0.4 is 10.6 Å². The van der Waals surface area contributed by atoms with Crippen LogP contribution in [0, 0.1) is 5.92 Å². The Labute approximate surface area is 126 Å². The third-order valence-corrected chi connectivity index (χ3v) is 2.66. The van der Waals surface area contributed by atoms with Gasteiger partial charge in [0.15, 0.2) is 0 Å². The lowest BCUT2D eigenvalue weighted by Gasteiger charge is -2.25. The number of benzene rings is 1. The summed E-state index contributed by atoms with van der Waals surface area (Å²) < 4.78 is 5.19. The lowest BCUT2D eigenvalue weighted by Crippen LogP contribution is -2.48. The molecular weight excluding hydrogens is 268 g/mol. The topological polar surface area (TPSA) is 67.4 Å². The summed E-state index contributed by atoms with van der Waals surface area (Å²) in [6.45, 7) is 9.07. The minimum atomic E-state index is -0.653. The monoisotopic (exact) mass is 292 g/mol. The number of anilines is 1. The van der Waals surface area contributed by atoms with Crippen LogP contribution in [-0.2, 0) is 9.53 Å². The molecule has 21 heavy (non-hydrogen) atoms. The summed E-state index contributed by atoms with van der Waals surface area (Å²) >= 11 is 0. The van der Waals surface area contributed by atoms with Gasteiger partial charge in [0.2, 0.25) is 5.91 Å². The van der Waals surface area contributed by atoms with E-state index < -0.39 is 17.7 Å². The summed E-state index contributed by atoms with van der Waals surface area (Å²) in [5, 5.41) is 5.40. The molecular formula is C16H24N2O3. The van der Waals surface area contributed by atoms with Crippen molar-refractivity contribution in [2.75, 3.05) is 5.32 Å². The second-order valence-corrected chi connectivity index (χ2v) is 6.22. The molecule has 2 N–H and O–H groups in total. The highest BCUT2D eigenvalue weighted by molar-refractivity contribution is 5.96. The zero-order valence-electron chi connectivity index (χ0n) is 13.3. The molecule has 0 fully saturated rings. The molecule has 0 aliphatic rings. The first kappa shape index (κ1) is 17.0. The number of para-hydroxylation sites is 1. The zero-order chi connectivity index (χ0) is 16.0. The second kappa shape index (κ2) is 7.11. The number of hydrogen-bond acceptors (Lipinski definition) is 3. The lowest BCUT2D eigenvalue weighted by atomic mass is 10.0. The molecule has 0 spiro atoms. The van der Waals surface area contributed by atoms with Crippen LogP contribution in [0.2, 0.25) is 0 Å². The molecule has 0 saturated carbocycles. The standard InChI is InChI=1S/C16H24N2O3/c1-11(2)13(18-15(20)21-16(3,4)5)14(19)17-12-9-7-6-8-10-12/h6-11,13H,1-5H3,(H,17,19)(H,18,20)/t13-/m0/s1. The van der Waals surface area contributed by atoms with E-state index >= 15 is 0 Å². The molecule has 5 nitrogen and oxygen atoms in total. The molecule has 1 aromatic rings. The number of nitrogens with one attached hydrogen (secondary N) is 2. The summed E-state index contributed by atoms with van der Waals surface area (Å²) in [7, 11) is 0. The highest BCUT2D eigenvalue weighted by atomic mass is 16.6. The third-order valence-electron chi connectivity index (χ3n) is 2.66. The SMILES string of the molecule is CC(C)[C@H](NC(=O)OC(C)(C)C)C(=O)Nc1ccccc1. The van der Waals surface area contributed by atoms with E-state index in [1.165, 1.54) is 0 Å². The van der Waals surface area contributed by atoms with Crippen LogP contribution >= 0.6 is 0 Å². The van der Waals surface area contributed by atoms with Gasteiger partial charge in [0, 0.05) is 5.69 Å². The van der Waals surface area contributed by atoms with E-state index in [1.54, 1.807) is 32.9 Å². The average Bonchev–Trinajstić information content (AvgIpc) is 2.34. The fraction of sp³-hybridized carbons (Fsp3) is 0.500. The van der Waals surface area contributed by atoms with Gasteiger partial charge in [0.1, 0.15) is 11.6 Å². The lowest BCUT2D eigenvalue weighted by molar-refractivity contribution is -0.119. The summed E-state index contributed by atoms with van der Waals surface area (Å²) in [5.41, 5.74) is 0.0979. The molecule has 1 atom stereocenters. The van der Waals surface area contributed by atoms with Crippen LogP contribution in [0.5, 0.6) is 0 Å². The van der Waals surface area contributed by atoms with Crippen LogP contribution in [0.3, 0.4) is 0 Å². The summed E-state index contributed by atoms with van der Waals surface area (Å²) in [5.74, 6) is -0.316. The first-order valence-corrected chi connectivity index (χ1v) is 7.04. The van der Waals surface area contributed by atoms with E-state index in [9.17, 15) is 9.59 Å². The molecule has 0 aliphatic carbocycles. The number of carbonyl (C=O) groups excluding carboxylic acids is 2. The number of ether oxygens (including phenoxy) is 1. The van der Waals surface area contributed by atoms with Gasteiger partial charge < -0.3 is 15.4 Å². The van der Waals surface area contributed by atoms with Crippen molar-refractivity contribution in [2.24, 2.45) is 5.92 Å². The van der Waals surface area contributed by atoms with E-state index in [4.69, 9.17) is 4.74 Å². The molecule has 0 radical (unpaired) electrons. The number of carbonyl (C=O) groups is 2. The number of alkyl carbamates (subject to hydrolysis) is 1. The van der Waals surface area contributed by atoms with E-state index in [0.717, 1.165) is 0 Å². The molecule has 1 aromatic carbocycles. The molecule has 116 valence electrons. The predicted octanol–water partition coefficient (Wildman–Crippen LogP) is 3.17. The highest BCUT2D eigenvalue weighted by Gasteiger charge is 2.26. The number of rotatable bonds is 4. The van der Waals surface area contributed by atoms with Gasteiger partial charge in [-0.3, -0.25) is 4.79 Å². The average molecular weight is 292 g/mol. The first-order valence-electron chi connectivity index (χ1n) is 7.04. The molecule has 1 rings (SSSR count). The van der Waals surface area contributed by atoms with Gasteiger partial charge in [-0.2, -0.15) is 0 Å². The van der Waals surface area contributed by atoms with E-state index in [1.807, 2.05) is 32.0 Å². The Morgan fingerprint density at radius 1 is 1.10 bits per heavy atom. The van der Waals surface area contributed by atoms with E-state index in [-0.39, 0.29) is 11.8 Å². The summed E-state index contributed by atoms with van der Waals surface area (Å²) in [6, 6.07) is 8.47. The maximum Gasteiger partial charge on any atom is 0.408 e. The third kappa shape index (κ3) is 6.29. The van der Waals surface area contributed by atoms with E-state index in [2.05, 4.69) is 10.6 Å². The van der Waals surface area contributed by atoms with Crippen molar-refractivity contribution in [2.45, 2.75) is 46.3 Å². The minimum absolute atomic E-state index is 0.0544. The van der Waals surface area contributed by atoms with Crippen LogP contribution in [0.25, 0.3) is 0 Å². The largest absolute Gasteiger partial charge is 0.444 e. The van der Waals surface area contributed by atoms with Gasteiger partial charge in [-0.15, -0.1) is 0 Å². The van der Waals surface area contributed by atoms with Crippen LogP contribution in [-0.4, -0.2) is 23.6 Å². The molecule has 0 aliphatic heterocycles. The van der Waals surface area contributed by atoms with Crippen LogP contribution in [0.4, 0.5) is 10.5 Å². The van der Waals surface area contributed by atoms with Gasteiger partial charge in [-0.25, -0.2) is 4.79 Å². The van der Waals surface area contributed by atoms with Crippen molar-refractivity contribution in [3.63, 3.8) is 0 Å². The van der Waals surface area contributed by atoms with Gasteiger partial charge in [0.05, 0.1) is 0 Å². The summed E-state index contributed by atoms with van der Waals surface area (Å²) in [6.07, 6.45) is -0.593. The quantitative estimate of drug-likeness (QED) is 0.895. The van der Waals surface area contributed by atoms with Crippen LogP contribution in [0.15, 0.2) is 30.3 Å². The molecule has 5 heteroatoms. The highest BCUT2D eigenvalue weighted by Crippen LogP contribution is 2.11. The Morgan fingerprint density at radius 2 is 1.67 bits per heavy atom. The van der Waals surface area contributed by atoms with Gasteiger partial charge in [0.25, 0.3) is 0 Å². The van der Waals surface area contributed by atoms with Gasteiger partial charge in [-0.1, -0.05) is 32.0 Å². The Balaban J connectivity index is 2.69. The van der Waals surface area contributed by atoms with Crippen molar-refractivity contribution in [1.82, 2.24) is 5.32 Å². The Hall–Kier alpha value is -2.04. The second-order valence-electron chi connectivity index (χ2n) is 6.22. The van der Waals surface area contributed by atoms with Crippen molar-refractivity contribution in [1.29, 1.82) is 0 Å². The molecule has 0 bridgehead atoms. The first-order chi connectivity index (χ1) is 9.69. The van der Waals surface area contributed by atoms with Gasteiger partial charge >= 0.3 is 6.09 Å². The normalized spacial score (nSPS) is 12.7. The molecule has 0 heterocycles. The maximum absolute atomic E-state index is 12.3. The Kier molecular flexibility index (Phi) is 5.76. The summed E-state index contributed by atoms with van der Waals surface area (Å²) in [4.78, 5) is 24.1. The number of hydrogen-bond donors (Lipinski definition) is 2. The van der Waals surface area contributed by atoms with Crippen LogP contribution in [0.1, 0.15) is 34.6 Å².